The number of fused-ring (bicyclic) bond motifs is 1. The second kappa shape index (κ2) is 7.78. The van der Waals surface area contributed by atoms with Crippen LogP contribution in [0.15, 0.2) is 54.7 Å². The normalized spacial score (nSPS) is 11.7. The molecule has 0 aliphatic rings. The Hall–Kier alpha value is -3.68. The minimum Gasteiger partial charge on any atom is -0.310 e. The van der Waals surface area contributed by atoms with Crippen LogP contribution in [0.4, 0.5) is 18.9 Å². The number of benzene rings is 2. The first-order chi connectivity index (χ1) is 15.1. The molecule has 0 radical (unpaired) electrons. The first-order valence-corrected chi connectivity index (χ1v) is 9.92. The maximum atomic E-state index is 13.1. The number of hydrogen-bond donors (Lipinski definition) is 0. The maximum absolute atomic E-state index is 13.1. The number of nitrogens with zero attached hydrogens (tertiary/aromatic N) is 4. The van der Waals surface area contributed by atoms with Crippen molar-refractivity contribution in [3.05, 3.63) is 77.1 Å². The van der Waals surface area contributed by atoms with Gasteiger partial charge in [0.25, 0.3) is 5.91 Å². The van der Waals surface area contributed by atoms with E-state index in [9.17, 15) is 18.0 Å². The molecule has 0 bridgehead atoms. The largest absolute Gasteiger partial charge is 0.416 e. The van der Waals surface area contributed by atoms with Gasteiger partial charge in [-0.3, -0.25) is 9.48 Å². The Balaban J connectivity index is 1.69. The number of carbonyl (C=O) groups is 1. The van der Waals surface area contributed by atoms with Gasteiger partial charge in [-0.1, -0.05) is 12.1 Å². The van der Waals surface area contributed by atoms with Crippen LogP contribution in [-0.2, 0) is 13.2 Å². The molecule has 0 saturated heterocycles. The van der Waals surface area contributed by atoms with Crippen molar-refractivity contribution in [2.24, 2.45) is 7.05 Å². The molecule has 4 rings (SSSR count). The van der Waals surface area contributed by atoms with Gasteiger partial charge in [-0.05, 0) is 61.4 Å². The van der Waals surface area contributed by atoms with Crippen LogP contribution in [0.5, 0.6) is 0 Å². The standard InChI is InChI=1S/C24H21F3N4O/c1-14-11-16(6-8-20(14)30(3)23(32)21-9-10-28-31(21)4)19-7-5-17-13-18(24(25,26)27)12-15(2)22(17)29-19/h5-13H,1-4H3. The number of anilines is 1. The van der Waals surface area contributed by atoms with E-state index >= 15 is 0 Å². The summed E-state index contributed by atoms with van der Waals surface area (Å²) in [5, 5.41) is 4.48. The molecule has 0 spiro atoms. The monoisotopic (exact) mass is 438 g/mol. The quantitative estimate of drug-likeness (QED) is 0.422. The van der Waals surface area contributed by atoms with Crippen molar-refractivity contribution in [1.29, 1.82) is 0 Å². The third kappa shape index (κ3) is 3.84. The lowest BCUT2D eigenvalue weighted by Crippen LogP contribution is -2.28. The van der Waals surface area contributed by atoms with Gasteiger partial charge in [0.2, 0.25) is 0 Å². The lowest BCUT2D eigenvalue weighted by molar-refractivity contribution is -0.137. The van der Waals surface area contributed by atoms with Crippen LogP contribution in [0.2, 0.25) is 0 Å². The minimum absolute atomic E-state index is 0.180. The van der Waals surface area contributed by atoms with Crippen molar-refractivity contribution in [1.82, 2.24) is 14.8 Å². The van der Waals surface area contributed by atoms with Crippen LogP contribution in [0.25, 0.3) is 22.2 Å². The molecule has 0 atom stereocenters. The van der Waals surface area contributed by atoms with E-state index in [4.69, 9.17) is 0 Å². The van der Waals surface area contributed by atoms with Gasteiger partial charge in [0.05, 0.1) is 16.8 Å². The van der Waals surface area contributed by atoms with Crippen LogP contribution in [0.3, 0.4) is 0 Å². The average Bonchev–Trinajstić information content (AvgIpc) is 3.17. The molecule has 8 heteroatoms. The van der Waals surface area contributed by atoms with Gasteiger partial charge in [-0.15, -0.1) is 0 Å². The van der Waals surface area contributed by atoms with Crippen molar-refractivity contribution >= 4 is 22.5 Å². The first-order valence-electron chi connectivity index (χ1n) is 9.92. The van der Waals surface area contributed by atoms with Crippen LogP contribution >= 0.6 is 0 Å². The molecule has 164 valence electrons. The molecule has 2 aromatic heterocycles. The van der Waals surface area contributed by atoms with Gasteiger partial charge in [0.1, 0.15) is 5.69 Å². The third-order valence-corrected chi connectivity index (χ3v) is 5.51. The number of alkyl halides is 3. The third-order valence-electron chi connectivity index (χ3n) is 5.51. The molecule has 2 heterocycles. The molecule has 32 heavy (non-hydrogen) atoms. The van der Waals surface area contributed by atoms with E-state index in [0.29, 0.717) is 27.9 Å². The van der Waals surface area contributed by atoms with Crippen molar-refractivity contribution in [2.75, 3.05) is 11.9 Å². The molecule has 0 fully saturated rings. The second-order valence-corrected chi connectivity index (χ2v) is 7.76. The van der Waals surface area contributed by atoms with Gasteiger partial charge in [-0.25, -0.2) is 4.98 Å². The van der Waals surface area contributed by atoms with Gasteiger partial charge in [-0.2, -0.15) is 18.3 Å². The predicted molar refractivity (Wildman–Crippen MR) is 118 cm³/mol. The highest BCUT2D eigenvalue weighted by molar-refractivity contribution is 6.05. The van der Waals surface area contributed by atoms with E-state index in [0.717, 1.165) is 28.9 Å². The fourth-order valence-corrected chi connectivity index (χ4v) is 3.79. The summed E-state index contributed by atoms with van der Waals surface area (Å²) in [6.45, 7) is 3.52. The van der Waals surface area contributed by atoms with Crippen molar-refractivity contribution < 1.29 is 18.0 Å². The Morgan fingerprint density at radius 3 is 2.38 bits per heavy atom. The highest BCUT2D eigenvalue weighted by atomic mass is 19.4. The molecule has 5 nitrogen and oxygen atoms in total. The number of rotatable bonds is 3. The van der Waals surface area contributed by atoms with E-state index in [1.165, 1.54) is 4.68 Å². The van der Waals surface area contributed by atoms with Crippen molar-refractivity contribution in [2.45, 2.75) is 20.0 Å². The zero-order valence-corrected chi connectivity index (χ0v) is 18.0. The number of aromatic nitrogens is 3. The van der Waals surface area contributed by atoms with Crippen LogP contribution in [-0.4, -0.2) is 27.7 Å². The topological polar surface area (TPSA) is 51.0 Å². The second-order valence-electron chi connectivity index (χ2n) is 7.76. The molecule has 0 aliphatic heterocycles. The smallest absolute Gasteiger partial charge is 0.310 e. The Labute approximate surface area is 183 Å². The molecule has 2 aromatic carbocycles. The summed E-state index contributed by atoms with van der Waals surface area (Å²) < 4.78 is 40.8. The van der Waals surface area contributed by atoms with Crippen molar-refractivity contribution in [3.63, 3.8) is 0 Å². The van der Waals surface area contributed by atoms with E-state index in [1.54, 1.807) is 50.3 Å². The predicted octanol–water partition coefficient (Wildman–Crippen LogP) is 5.55. The zero-order chi connectivity index (χ0) is 23.2. The molecule has 0 saturated carbocycles. The first kappa shape index (κ1) is 21.5. The number of carbonyl (C=O) groups excluding carboxylic acids is 1. The molecule has 1 amide bonds. The summed E-state index contributed by atoms with van der Waals surface area (Å²) in [5.41, 5.74) is 3.86. The molecule has 0 unspecified atom stereocenters. The summed E-state index contributed by atoms with van der Waals surface area (Å²) in [5.74, 6) is -0.180. The molecule has 0 N–H and O–H groups in total. The zero-order valence-electron chi connectivity index (χ0n) is 18.0. The van der Waals surface area contributed by atoms with Gasteiger partial charge < -0.3 is 4.90 Å². The van der Waals surface area contributed by atoms with Crippen LogP contribution < -0.4 is 4.90 Å². The fourth-order valence-electron chi connectivity index (χ4n) is 3.79. The summed E-state index contributed by atoms with van der Waals surface area (Å²) in [7, 11) is 3.41. The SMILES string of the molecule is Cc1cc(-c2ccc3cc(C(F)(F)F)cc(C)c3n2)ccc1N(C)C(=O)c1ccnn1C. The number of amides is 1. The van der Waals surface area contributed by atoms with E-state index in [1.807, 2.05) is 25.1 Å². The Morgan fingerprint density at radius 2 is 1.75 bits per heavy atom. The van der Waals surface area contributed by atoms with Crippen LogP contribution in [0.1, 0.15) is 27.2 Å². The molecule has 0 aliphatic carbocycles. The summed E-state index contributed by atoms with van der Waals surface area (Å²) in [6, 6.07) is 12.9. The molecule has 4 aromatic rings. The highest BCUT2D eigenvalue weighted by Crippen LogP contribution is 2.34. The average molecular weight is 438 g/mol. The Morgan fingerprint density at radius 1 is 1.00 bits per heavy atom. The van der Waals surface area contributed by atoms with Crippen molar-refractivity contribution in [3.8, 4) is 11.3 Å². The lowest BCUT2D eigenvalue weighted by atomic mass is 10.0. The maximum Gasteiger partial charge on any atom is 0.416 e. The molecular weight excluding hydrogens is 417 g/mol. The van der Waals surface area contributed by atoms with E-state index in [2.05, 4.69) is 10.1 Å². The van der Waals surface area contributed by atoms with Crippen LogP contribution in [0, 0.1) is 13.8 Å². The molecular formula is C24H21F3N4O. The number of aryl methyl sites for hydroxylation is 3. The summed E-state index contributed by atoms with van der Waals surface area (Å²) in [6.07, 6.45) is -2.83. The Bertz CT molecular complexity index is 1340. The summed E-state index contributed by atoms with van der Waals surface area (Å²) >= 11 is 0. The summed E-state index contributed by atoms with van der Waals surface area (Å²) in [4.78, 5) is 19.0. The number of pyridine rings is 1. The minimum atomic E-state index is -4.40. The fraction of sp³-hybridized carbons (Fsp3) is 0.208. The van der Waals surface area contributed by atoms with E-state index < -0.39 is 11.7 Å². The number of halogens is 3. The van der Waals surface area contributed by atoms with Gasteiger partial charge in [0.15, 0.2) is 0 Å². The number of hydrogen-bond acceptors (Lipinski definition) is 3. The van der Waals surface area contributed by atoms with E-state index in [-0.39, 0.29) is 5.91 Å². The van der Waals surface area contributed by atoms with Gasteiger partial charge in [0, 0.05) is 36.9 Å². The lowest BCUT2D eigenvalue weighted by Gasteiger charge is -2.20. The highest BCUT2D eigenvalue weighted by Gasteiger charge is 2.31. The Kier molecular flexibility index (Phi) is 5.24. The van der Waals surface area contributed by atoms with Gasteiger partial charge >= 0.3 is 6.18 Å².